The summed E-state index contributed by atoms with van der Waals surface area (Å²) in [6.07, 6.45) is 4.99. The molecule has 0 spiro atoms. The first-order valence-corrected chi connectivity index (χ1v) is 6.20. The molecular formula is C12H23ClO. The van der Waals surface area contributed by atoms with Gasteiger partial charge in [0.2, 0.25) is 0 Å². The molecule has 0 bridgehead atoms. The van der Waals surface area contributed by atoms with E-state index in [9.17, 15) is 0 Å². The first-order valence-electron chi connectivity index (χ1n) is 5.76. The van der Waals surface area contributed by atoms with Crippen molar-refractivity contribution in [3.63, 3.8) is 0 Å². The van der Waals surface area contributed by atoms with Crippen LogP contribution in [0.15, 0.2) is 0 Å². The van der Waals surface area contributed by atoms with E-state index >= 15 is 0 Å². The van der Waals surface area contributed by atoms with Crippen molar-refractivity contribution in [3.8, 4) is 0 Å². The molecule has 0 N–H and O–H groups in total. The van der Waals surface area contributed by atoms with Crippen LogP contribution in [0.4, 0.5) is 0 Å². The second-order valence-corrected chi connectivity index (χ2v) is 5.74. The molecule has 0 aromatic carbocycles. The molecule has 0 aromatic heterocycles. The molecule has 1 aliphatic heterocycles. The maximum Gasteiger partial charge on any atom is 0.0631 e. The Hall–Kier alpha value is 0.250. The van der Waals surface area contributed by atoms with Gasteiger partial charge in [-0.3, -0.25) is 0 Å². The van der Waals surface area contributed by atoms with Crippen molar-refractivity contribution >= 4 is 11.6 Å². The van der Waals surface area contributed by atoms with E-state index in [4.69, 9.17) is 16.3 Å². The van der Waals surface area contributed by atoms with Gasteiger partial charge in [-0.2, -0.15) is 0 Å². The molecule has 3 atom stereocenters. The molecule has 0 aromatic rings. The van der Waals surface area contributed by atoms with Crippen molar-refractivity contribution in [2.45, 2.75) is 70.5 Å². The van der Waals surface area contributed by atoms with Crippen LogP contribution in [0.5, 0.6) is 0 Å². The van der Waals surface area contributed by atoms with E-state index in [2.05, 4.69) is 27.7 Å². The molecule has 1 nitrogen and oxygen atoms in total. The summed E-state index contributed by atoms with van der Waals surface area (Å²) in [6.45, 7) is 8.73. The monoisotopic (exact) mass is 218 g/mol. The highest BCUT2D eigenvalue weighted by Gasteiger charge is 2.32. The van der Waals surface area contributed by atoms with Gasteiger partial charge in [-0.25, -0.2) is 0 Å². The predicted octanol–water partition coefficient (Wildman–Crippen LogP) is 3.99. The Balaban J connectivity index is 2.32. The number of alkyl halides is 1. The molecule has 1 heterocycles. The number of halogens is 1. The van der Waals surface area contributed by atoms with Crippen LogP contribution in [0, 0.1) is 5.92 Å². The molecule has 0 amide bonds. The predicted molar refractivity (Wildman–Crippen MR) is 61.9 cm³/mol. The summed E-state index contributed by atoms with van der Waals surface area (Å²) in [5.74, 6) is 0.570. The lowest BCUT2D eigenvalue weighted by molar-refractivity contribution is -0.0238. The summed E-state index contributed by atoms with van der Waals surface area (Å²) in [5.41, 5.74) is 0.0956. The minimum absolute atomic E-state index is 0.0956. The van der Waals surface area contributed by atoms with E-state index in [-0.39, 0.29) is 5.60 Å². The fourth-order valence-corrected chi connectivity index (χ4v) is 2.31. The molecule has 0 saturated carbocycles. The Kier molecular flexibility index (Phi) is 4.27. The van der Waals surface area contributed by atoms with E-state index < -0.39 is 0 Å². The van der Waals surface area contributed by atoms with E-state index in [1.54, 1.807) is 0 Å². The highest BCUT2D eigenvalue weighted by molar-refractivity contribution is 6.20. The van der Waals surface area contributed by atoms with E-state index in [1.165, 1.54) is 12.8 Å². The molecule has 14 heavy (non-hydrogen) atoms. The molecule has 3 unspecified atom stereocenters. The Morgan fingerprint density at radius 2 is 2.14 bits per heavy atom. The van der Waals surface area contributed by atoms with Crippen molar-refractivity contribution in [2.75, 3.05) is 0 Å². The Morgan fingerprint density at radius 1 is 1.50 bits per heavy atom. The number of rotatable bonds is 4. The molecule has 84 valence electrons. The van der Waals surface area contributed by atoms with Crippen LogP contribution in [0.1, 0.15) is 53.4 Å². The van der Waals surface area contributed by atoms with Crippen molar-refractivity contribution in [2.24, 2.45) is 5.92 Å². The summed E-state index contributed by atoms with van der Waals surface area (Å²) in [6, 6.07) is 0. The fourth-order valence-electron chi connectivity index (χ4n) is 2.21. The van der Waals surface area contributed by atoms with Gasteiger partial charge in [-0.1, -0.05) is 13.8 Å². The van der Waals surface area contributed by atoms with Gasteiger partial charge >= 0.3 is 0 Å². The van der Waals surface area contributed by atoms with Crippen molar-refractivity contribution in [1.82, 2.24) is 0 Å². The van der Waals surface area contributed by atoms with Gasteiger partial charge in [0.25, 0.3) is 0 Å². The lowest BCUT2D eigenvalue weighted by Crippen LogP contribution is -2.23. The smallest absolute Gasteiger partial charge is 0.0631 e. The zero-order valence-corrected chi connectivity index (χ0v) is 10.6. The van der Waals surface area contributed by atoms with Crippen LogP contribution in [0.2, 0.25) is 0 Å². The Morgan fingerprint density at radius 3 is 2.57 bits per heavy atom. The summed E-state index contributed by atoms with van der Waals surface area (Å²) >= 11 is 6.21. The molecule has 1 saturated heterocycles. The first kappa shape index (κ1) is 12.3. The standard InChI is InChI=1S/C12H23ClO/c1-5-11(13)9(2)8-10-6-7-12(3,4)14-10/h9-11H,5-8H2,1-4H3. The zero-order chi connectivity index (χ0) is 10.8. The summed E-state index contributed by atoms with van der Waals surface area (Å²) < 4.78 is 5.96. The minimum atomic E-state index is 0.0956. The van der Waals surface area contributed by atoms with Gasteiger partial charge in [0, 0.05) is 5.38 Å². The lowest BCUT2D eigenvalue weighted by Gasteiger charge is -2.23. The quantitative estimate of drug-likeness (QED) is 0.649. The van der Waals surface area contributed by atoms with E-state index in [0.717, 1.165) is 12.8 Å². The zero-order valence-electron chi connectivity index (χ0n) is 9.85. The molecule has 0 aliphatic carbocycles. The number of hydrogen-bond donors (Lipinski definition) is 0. The normalized spacial score (nSPS) is 30.2. The second kappa shape index (κ2) is 4.85. The Labute approximate surface area is 93.2 Å². The van der Waals surface area contributed by atoms with Crippen LogP contribution in [0.3, 0.4) is 0 Å². The molecule has 1 aliphatic rings. The summed E-state index contributed by atoms with van der Waals surface area (Å²) in [7, 11) is 0. The molecule has 0 radical (unpaired) electrons. The highest BCUT2D eigenvalue weighted by Crippen LogP contribution is 2.33. The van der Waals surface area contributed by atoms with Crippen LogP contribution < -0.4 is 0 Å². The van der Waals surface area contributed by atoms with Gasteiger partial charge < -0.3 is 4.74 Å². The number of ether oxygens (including phenoxy) is 1. The van der Waals surface area contributed by atoms with Crippen molar-refractivity contribution in [1.29, 1.82) is 0 Å². The minimum Gasteiger partial charge on any atom is -0.372 e. The van der Waals surface area contributed by atoms with Crippen molar-refractivity contribution < 1.29 is 4.74 Å². The van der Waals surface area contributed by atoms with Gasteiger partial charge in [0.15, 0.2) is 0 Å². The maximum absolute atomic E-state index is 6.21. The van der Waals surface area contributed by atoms with E-state index in [0.29, 0.717) is 17.4 Å². The average Bonchev–Trinajstić information content (AvgIpc) is 2.44. The maximum atomic E-state index is 6.21. The summed E-state index contributed by atoms with van der Waals surface area (Å²) in [5, 5.41) is 0.308. The molecule has 1 fully saturated rings. The Bertz CT molecular complexity index is 179. The fraction of sp³-hybridized carbons (Fsp3) is 1.00. The summed E-state index contributed by atoms with van der Waals surface area (Å²) in [4.78, 5) is 0. The van der Waals surface area contributed by atoms with Crippen LogP contribution in [-0.2, 0) is 4.74 Å². The van der Waals surface area contributed by atoms with E-state index in [1.807, 2.05) is 0 Å². The van der Waals surface area contributed by atoms with Crippen LogP contribution >= 0.6 is 11.6 Å². The molecule has 2 heteroatoms. The first-order chi connectivity index (χ1) is 6.44. The van der Waals surface area contributed by atoms with Gasteiger partial charge in [0.05, 0.1) is 11.7 Å². The lowest BCUT2D eigenvalue weighted by atomic mass is 9.96. The third-order valence-electron chi connectivity index (χ3n) is 3.20. The third kappa shape index (κ3) is 3.43. The molecule has 1 rings (SSSR count). The largest absolute Gasteiger partial charge is 0.372 e. The van der Waals surface area contributed by atoms with Crippen LogP contribution in [0.25, 0.3) is 0 Å². The van der Waals surface area contributed by atoms with Gasteiger partial charge in [0.1, 0.15) is 0 Å². The number of hydrogen-bond acceptors (Lipinski definition) is 1. The van der Waals surface area contributed by atoms with Crippen molar-refractivity contribution in [3.05, 3.63) is 0 Å². The van der Waals surface area contributed by atoms with Gasteiger partial charge in [-0.05, 0) is 45.4 Å². The van der Waals surface area contributed by atoms with Crippen LogP contribution in [-0.4, -0.2) is 17.1 Å². The van der Waals surface area contributed by atoms with Gasteiger partial charge in [-0.15, -0.1) is 11.6 Å². The average molecular weight is 219 g/mol. The second-order valence-electron chi connectivity index (χ2n) is 5.18. The SMILES string of the molecule is CCC(Cl)C(C)CC1CCC(C)(C)O1. The molecular weight excluding hydrogens is 196 g/mol. The highest BCUT2D eigenvalue weighted by atomic mass is 35.5. The topological polar surface area (TPSA) is 9.23 Å². The third-order valence-corrected chi connectivity index (χ3v) is 3.93.